The fraction of sp³-hybridized carbons (Fsp3) is 0. The summed E-state index contributed by atoms with van der Waals surface area (Å²) in [5, 5.41) is 9.64. The Labute approximate surface area is 414 Å². The van der Waals surface area contributed by atoms with Gasteiger partial charge in [0.05, 0.1) is 11.4 Å². The smallest absolute Gasteiger partial charge is 0.227 e. The van der Waals surface area contributed by atoms with Crippen LogP contribution >= 0.6 is 0 Å². The molecule has 0 bridgehead atoms. The topological polar surface area (TPSA) is 58.5 Å². The molecule has 12 aromatic carbocycles. The Morgan fingerprint density at radius 2 is 0.625 bits per heavy atom. The number of benzene rings is 12. The van der Waals surface area contributed by atoms with E-state index in [1.165, 1.54) is 43.1 Å². The number of hydrogen-bond donors (Lipinski definition) is 0. The maximum absolute atomic E-state index is 6.72. The molecule has 0 unspecified atom stereocenters. The summed E-state index contributed by atoms with van der Waals surface area (Å²) in [6, 6.07) is 89.3. The molecule has 72 heavy (non-hydrogen) atoms. The highest BCUT2D eigenvalue weighted by molar-refractivity contribution is 6.16. The number of para-hydroxylation sites is 4. The van der Waals surface area contributed by atoms with Crippen molar-refractivity contribution in [2.24, 2.45) is 0 Å². The Bertz CT molecular complexity index is 4050. The van der Waals surface area contributed by atoms with E-state index in [0.29, 0.717) is 22.9 Å². The van der Waals surface area contributed by atoms with Crippen LogP contribution in [-0.2, 0) is 0 Å². The molecular formula is C66H42N4O2. The van der Waals surface area contributed by atoms with Gasteiger partial charge in [-0.05, 0) is 129 Å². The minimum atomic E-state index is 0.540. The molecule has 0 amide bonds. The van der Waals surface area contributed by atoms with Crippen LogP contribution in [-0.4, -0.2) is 9.97 Å². The van der Waals surface area contributed by atoms with Crippen LogP contribution in [0.2, 0.25) is 0 Å². The molecule has 0 radical (unpaired) electrons. The van der Waals surface area contributed by atoms with E-state index in [2.05, 4.69) is 240 Å². The third-order valence-corrected chi connectivity index (χ3v) is 13.9. The van der Waals surface area contributed by atoms with E-state index in [0.717, 1.165) is 67.4 Å². The third-order valence-electron chi connectivity index (χ3n) is 13.9. The third kappa shape index (κ3) is 6.96. The van der Waals surface area contributed by atoms with E-state index < -0.39 is 0 Å². The second kappa shape index (κ2) is 17.0. The number of nitrogens with zero attached hydrogens (tertiary/aromatic N) is 4. The Kier molecular flexibility index (Phi) is 9.74. The molecule has 0 spiro atoms. The van der Waals surface area contributed by atoms with Crippen molar-refractivity contribution in [1.82, 2.24) is 9.97 Å². The molecule has 0 fully saturated rings. The van der Waals surface area contributed by atoms with E-state index in [1.807, 2.05) is 24.3 Å². The van der Waals surface area contributed by atoms with Crippen LogP contribution in [0.1, 0.15) is 0 Å². The molecule has 0 atom stereocenters. The van der Waals surface area contributed by atoms with Gasteiger partial charge < -0.3 is 18.6 Å². The summed E-state index contributed by atoms with van der Waals surface area (Å²) in [7, 11) is 0. The van der Waals surface area contributed by atoms with Crippen molar-refractivity contribution in [2.45, 2.75) is 0 Å². The van der Waals surface area contributed by atoms with Crippen LogP contribution in [0.4, 0.5) is 34.1 Å². The van der Waals surface area contributed by atoms with Gasteiger partial charge in [0.2, 0.25) is 11.8 Å². The maximum atomic E-state index is 6.72. The average Bonchev–Trinajstić information content (AvgIpc) is 4.10. The molecule has 338 valence electrons. The summed E-state index contributed by atoms with van der Waals surface area (Å²) < 4.78 is 13.4. The zero-order valence-electron chi connectivity index (χ0n) is 38.9. The van der Waals surface area contributed by atoms with Crippen LogP contribution in [0, 0.1) is 0 Å². The highest BCUT2D eigenvalue weighted by atomic mass is 16.4. The molecule has 0 aliphatic heterocycles. The quantitative estimate of drug-likeness (QED) is 0.134. The van der Waals surface area contributed by atoms with Gasteiger partial charge in [-0.15, -0.1) is 0 Å². The highest BCUT2D eigenvalue weighted by Gasteiger charge is 2.22. The molecule has 0 aliphatic rings. The van der Waals surface area contributed by atoms with Gasteiger partial charge in [0.15, 0.2) is 11.2 Å². The molecule has 14 aromatic rings. The van der Waals surface area contributed by atoms with Gasteiger partial charge in [0, 0.05) is 55.8 Å². The van der Waals surface area contributed by atoms with E-state index in [9.17, 15) is 0 Å². The Morgan fingerprint density at radius 3 is 1.04 bits per heavy atom. The van der Waals surface area contributed by atoms with Gasteiger partial charge in [0.1, 0.15) is 11.0 Å². The second-order valence-corrected chi connectivity index (χ2v) is 18.1. The van der Waals surface area contributed by atoms with Crippen molar-refractivity contribution >= 4 is 99.4 Å². The highest BCUT2D eigenvalue weighted by Crippen LogP contribution is 2.45. The first-order chi connectivity index (χ1) is 35.7. The number of oxazole rings is 2. The molecule has 0 saturated heterocycles. The molecule has 14 rings (SSSR count). The number of hydrogen-bond acceptors (Lipinski definition) is 6. The fourth-order valence-corrected chi connectivity index (χ4v) is 10.5. The normalized spacial score (nSPS) is 11.6. The lowest BCUT2D eigenvalue weighted by molar-refractivity contribution is 0.616. The lowest BCUT2D eigenvalue weighted by Crippen LogP contribution is -2.10. The van der Waals surface area contributed by atoms with Crippen molar-refractivity contribution < 1.29 is 8.83 Å². The number of aromatic nitrogens is 2. The molecule has 2 aromatic heterocycles. The predicted octanol–water partition coefficient (Wildman–Crippen LogP) is 18.5. The largest absolute Gasteiger partial charge is 0.435 e. The van der Waals surface area contributed by atoms with E-state index in [1.54, 1.807) is 0 Å². The average molecular weight is 923 g/mol. The van der Waals surface area contributed by atoms with Crippen molar-refractivity contribution in [1.29, 1.82) is 0 Å². The minimum Gasteiger partial charge on any atom is -0.435 e. The van der Waals surface area contributed by atoms with E-state index >= 15 is 0 Å². The van der Waals surface area contributed by atoms with Gasteiger partial charge in [-0.2, -0.15) is 0 Å². The lowest BCUT2D eigenvalue weighted by atomic mass is 9.99. The number of fused-ring (bicyclic) bond motifs is 8. The van der Waals surface area contributed by atoms with Crippen LogP contribution in [0.5, 0.6) is 0 Å². The summed E-state index contributed by atoms with van der Waals surface area (Å²) in [4.78, 5) is 14.7. The van der Waals surface area contributed by atoms with Gasteiger partial charge in [-0.3, -0.25) is 0 Å². The fourth-order valence-electron chi connectivity index (χ4n) is 10.5. The van der Waals surface area contributed by atoms with Crippen molar-refractivity contribution in [3.63, 3.8) is 0 Å². The van der Waals surface area contributed by atoms with Crippen LogP contribution in [0.15, 0.2) is 264 Å². The first kappa shape index (κ1) is 41.2. The molecule has 6 heteroatoms. The van der Waals surface area contributed by atoms with Crippen molar-refractivity contribution in [3.05, 3.63) is 255 Å². The summed E-state index contributed by atoms with van der Waals surface area (Å²) in [6.45, 7) is 0. The van der Waals surface area contributed by atoms with Crippen LogP contribution in [0.25, 0.3) is 99.3 Å². The first-order valence-electron chi connectivity index (χ1n) is 24.2. The Hall–Kier alpha value is -9.78. The summed E-state index contributed by atoms with van der Waals surface area (Å²) >= 11 is 0. The minimum absolute atomic E-state index is 0.540. The van der Waals surface area contributed by atoms with Crippen molar-refractivity contribution in [3.8, 4) is 34.0 Å². The predicted molar refractivity (Wildman–Crippen MR) is 297 cm³/mol. The standard InChI is InChI=1S/C66H42N4O2/c1-3-19-47(20-4-1)69(61-41-45-17-7-9-23-51(45)53-25-11-13-27-55(53)61)49-37-33-43(34-38-49)65-67-59-31-15-29-57(63(59)71-65)58-30-16-32-60-64(58)72-66(68-60)44-35-39-50(40-36-44)70(48-21-5-2-6-22-48)62-42-46-18-8-10-24-52(46)54-26-12-14-28-56(54)62/h1-42H. The second-order valence-electron chi connectivity index (χ2n) is 18.1. The number of anilines is 6. The van der Waals surface area contributed by atoms with Gasteiger partial charge in [-0.1, -0.05) is 158 Å². The maximum Gasteiger partial charge on any atom is 0.227 e. The van der Waals surface area contributed by atoms with Crippen LogP contribution in [0.3, 0.4) is 0 Å². The van der Waals surface area contributed by atoms with Gasteiger partial charge in [-0.25, -0.2) is 9.97 Å². The van der Waals surface area contributed by atoms with Crippen molar-refractivity contribution in [2.75, 3.05) is 9.80 Å². The molecule has 6 nitrogen and oxygen atoms in total. The zero-order valence-corrected chi connectivity index (χ0v) is 38.9. The number of rotatable bonds is 9. The zero-order chi connectivity index (χ0) is 47.5. The van der Waals surface area contributed by atoms with Gasteiger partial charge in [0.25, 0.3) is 0 Å². The molecule has 0 saturated carbocycles. The SMILES string of the molecule is c1ccc(N(c2ccc(-c3nc4cccc(-c5cccc6nc(-c7ccc(N(c8ccccc8)c8cc9ccccc9c9ccccc89)cc7)oc56)c4o3)cc2)c2cc3ccccc3c3ccccc23)cc1. The van der Waals surface area contributed by atoms with E-state index in [-0.39, 0.29) is 0 Å². The monoisotopic (exact) mass is 922 g/mol. The Balaban J connectivity index is 0.806. The molecule has 0 N–H and O–H groups in total. The van der Waals surface area contributed by atoms with Gasteiger partial charge >= 0.3 is 0 Å². The molecule has 2 heterocycles. The summed E-state index contributed by atoms with van der Waals surface area (Å²) in [5.74, 6) is 1.08. The molecule has 0 aliphatic carbocycles. The Morgan fingerprint density at radius 1 is 0.278 bits per heavy atom. The van der Waals surface area contributed by atoms with E-state index in [4.69, 9.17) is 18.8 Å². The lowest BCUT2D eigenvalue weighted by Gasteiger charge is -2.27. The summed E-state index contributed by atoms with van der Waals surface area (Å²) in [5.41, 5.74) is 12.8. The summed E-state index contributed by atoms with van der Waals surface area (Å²) in [6.07, 6.45) is 0. The first-order valence-corrected chi connectivity index (χ1v) is 24.2. The molecular weight excluding hydrogens is 881 g/mol. The van der Waals surface area contributed by atoms with Crippen LogP contribution < -0.4 is 9.80 Å².